The lowest BCUT2D eigenvalue weighted by Crippen LogP contribution is -2.16. The van der Waals surface area contributed by atoms with Gasteiger partial charge in [-0.25, -0.2) is 0 Å². The second-order valence-electron chi connectivity index (χ2n) is 2.84. The van der Waals surface area contributed by atoms with Crippen LogP contribution < -0.4 is 11.1 Å². The van der Waals surface area contributed by atoms with Crippen molar-refractivity contribution in [1.82, 2.24) is 11.1 Å². The Kier molecular flexibility index (Phi) is 1.64. The minimum atomic E-state index is 0.270. The van der Waals surface area contributed by atoms with Crippen LogP contribution in [0.1, 0.15) is 17.2 Å². The van der Waals surface area contributed by atoms with Crippen LogP contribution in [0.15, 0.2) is 24.3 Å². The molecule has 1 aromatic rings. The Morgan fingerprint density at radius 1 is 1.45 bits per heavy atom. The van der Waals surface area contributed by atoms with Gasteiger partial charge < -0.3 is 5.32 Å². The third kappa shape index (κ3) is 1.04. The molecule has 0 saturated carbocycles. The van der Waals surface area contributed by atoms with E-state index in [4.69, 9.17) is 5.73 Å². The maximum Gasteiger partial charge on any atom is 0.0466 e. The van der Waals surface area contributed by atoms with Gasteiger partial charge in [-0.2, -0.15) is 0 Å². The van der Waals surface area contributed by atoms with Crippen LogP contribution in [0.4, 0.5) is 0 Å². The molecule has 1 aliphatic rings. The molecule has 1 heterocycles. The van der Waals surface area contributed by atoms with E-state index in [-0.39, 0.29) is 6.04 Å². The fourth-order valence-corrected chi connectivity index (χ4v) is 1.56. The zero-order valence-corrected chi connectivity index (χ0v) is 6.30. The number of benzene rings is 1. The largest absolute Gasteiger partial charge is 0.305 e. The summed E-state index contributed by atoms with van der Waals surface area (Å²) in [7, 11) is 0. The summed E-state index contributed by atoms with van der Waals surface area (Å²) in [6, 6.07) is 8.58. The predicted octanol–water partition coefficient (Wildman–Crippen LogP) is 1.11. The van der Waals surface area contributed by atoms with Crippen molar-refractivity contribution in [3.63, 3.8) is 0 Å². The molecular weight excluding hydrogens is 136 g/mol. The van der Waals surface area contributed by atoms with Gasteiger partial charge in [0.15, 0.2) is 0 Å². The second-order valence-corrected chi connectivity index (χ2v) is 2.84. The number of hydrogen-bond acceptors (Lipinski definition) is 1. The van der Waals surface area contributed by atoms with Crippen molar-refractivity contribution >= 4 is 0 Å². The zero-order valence-electron chi connectivity index (χ0n) is 6.30. The van der Waals surface area contributed by atoms with Crippen LogP contribution in [-0.2, 0) is 6.54 Å². The Morgan fingerprint density at radius 2 is 2.27 bits per heavy atom. The van der Waals surface area contributed by atoms with E-state index in [2.05, 4.69) is 17.4 Å². The molecule has 2 rings (SSSR count). The van der Waals surface area contributed by atoms with E-state index in [0.717, 1.165) is 6.54 Å². The lowest BCUT2D eigenvalue weighted by Gasteiger charge is -2.06. The molecule has 0 spiro atoms. The van der Waals surface area contributed by atoms with Crippen LogP contribution in [0.25, 0.3) is 0 Å². The molecule has 2 heteroatoms. The quantitative estimate of drug-likeness (QED) is 0.634. The summed E-state index contributed by atoms with van der Waals surface area (Å²) in [5, 5.41) is 3.28. The molecule has 2 nitrogen and oxygen atoms in total. The highest BCUT2D eigenvalue weighted by molar-refractivity contribution is 5.33. The van der Waals surface area contributed by atoms with Gasteiger partial charge in [0, 0.05) is 19.1 Å². The van der Waals surface area contributed by atoms with Crippen molar-refractivity contribution in [2.24, 2.45) is 0 Å². The molecule has 1 atom stereocenters. The van der Waals surface area contributed by atoms with E-state index in [1.54, 1.807) is 0 Å². The van der Waals surface area contributed by atoms with E-state index >= 15 is 0 Å². The summed E-state index contributed by atoms with van der Waals surface area (Å²) in [4.78, 5) is 0. The summed E-state index contributed by atoms with van der Waals surface area (Å²) in [6.07, 6.45) is 0. The van der Waals surface area contributed by atoms with Gasteiger partial charge in [0.1, 0.15) is 0 Å². The van der Waals surface area contributed by atoms with Crippen molar-refractivity contribution in [3.05, 3.63) is 35.4 Å². The topological polar surface area (TPSA) is 35.8 Å². The van der Waals surface area contributed by atoms with Crippen LogP contribution in [0, 0.1) is 0 Å². The van der Waals surface area contributed by atoms with Gasteiger partial charge in [0.25, 0.3) is 0 Å². The molecule has 1 radical (unpaired) electrons. The van der Waals surface area contributed by atoms with E-state index < -0.39 is 0 Å². The monoisotopic (exact) mass is 147 g/mol. The van der Waals surface area contributed by atoms with Gasteiger partial charge in [-0.15, -0.1) is 0 Å². The highest BCUT2D eigenvalue weighted by Crippen LogP contribution is 2.23. The molecule has 0 fully saturated rings. The summed E-state index contributed by atoms with van der Waals surface area (Å²) in [5.41, 5.74) is 9.93. The molecular formula is C9H11N2. The summed E-state index contributed by atoms with van der Waals surface area (Å²) >= 11 is 0. The Hall–Kier alpha value is -0.860. The van der Waals surface area contributed by atoms with Crippen LogP contribution in [-0.4, -0.2) is 6.54 Å². The third-order valence-electron chi connectivity index (χ3n) is 2.17. The maximum atomic E-state index is 7.27. The molecule has 0 aromatic heterocycles. The standard InChI is InChI=1S/C9H11N2/c10-5-9-8-4-2-1-3-7(8)6-11-9/h1-4,9-11H,5-6H2. The van der Waals surface area contributed by atoms with Gasteiger partial charge in [0.2, 0.25) is 0 Å². The van der Waals surface area contributed by atoms with E-state index in [1.165, 1.54) is 11.1 Å². The lowest BCUT2D eigenvalue weighted by atomic mass is 10.1. The number of rotatable bonds is 1. The highest BCUT2D eigenvalue weighted by atomic mass is 15.0. The average Bonchev–Trinajstić information content (AvgIpc) is 2.47. The van der Waals surface area contributed by atoms with Crippen LogP contribution in [0.2, 0.25) is 0 Å². The van der Waals surface area contributed by atoms with Gasteiger partial charge in [-0.05, 0) is 11.1 Å². The number of nitrogens with one attached hydrogen (secondary N) is 2. The number of fused-ring (bicyclic) bond motifs is 1. The molecule has 11 heavy (non-hydrogen) atoms. The molecule has 0 aliphatic carbocycles. The second kappa shape index (κ2) is 2.64. The minimum absolute atomic E-state index is 0.270. The smallest absolute Gasteiger partial charge is 0.0466 e. The zero-order chi connectivity index (χ0) is 7.68. The van der Waals surface area contributed by atoms with E-state index in [9.17, 15) is 0 Å². The third-order valence-corrected chi connectivity index (χ3v) is 2.17. The van der Waals surface area contributed by atoms with Gasteiger partial charge in [-0.1, -0.05) is 24.3 Å². The molecule has 0 amide bonds. The Bertz CT molecular complexity index is 257. The first-order valence-electron chi connectivity index (χ1n) is 3.87. The fourth-order valence-electron chi connectivity index (χ4n) is 1.56. The molecule has 1 unspecified atom stereocenters. The normalized spacial score (nSPS) is 21.7. The lowest BCUT2D eigenvalue weighted by molar-refractivity contribution is 0.586. The molecule has 0 saturated heterocycles. The van der Waals surface area contributed by atoms with Crippen molar-refractivity contribution in [2.45, 2.75) is 12.6 Å². The Morgan fingerprint density at radius 3 is 3.09 bits per heavy atom. The van der Waals surface area contributed by atoms with Gasteiger partial charge >= 0.3 is 0 Å². The Balaban J connectivity index is 2.39. The number of hydrogen-bond donors (Lipinski definition) is 1. The molecule has 1 aromatic carbocycles. The van der Waals surface area contributed by atoms with Gasteiger partial charge in [-0.3, -0.25) is 5.73 Å². The molecule has 1 aliphatic heterocycles. The van der Waals surface area contributed by atoms with E-state index in [1.807, 2.05) is 12.1 Å². The first-order chi connectivity index (χ1) is 5.42. The summed E-state index contributed by atoms with van der Waals surface area (Å²) in [5.74, 6) is 0. The van der Waals surface area contributed by atoms with Crippen molar-refractivity contribution in [3.8, 4) is 0 Å². The van der Waals surface area contributed by atoms with E-state index in [0.29, 0.717) is 6.54 Å². The minimum Gasteiger partial charge on any atom is -0.305 e. The van der Waals surface area contributed by atoms with Crippen molar-refractivity contribution in [1.29, 1.82) is 0 Å². The summed E-state index contributed by atoms with van der Waals surface area (Å²) < 4.78 is 0. The molecule has 0 bridgehead atoms. The Labute approximate surface area is 66.4 Å². The summed E-state index contributed by atoms with van der Waals surface area (Å²) in [6.45, 7) is 1.37. The highest BCUT2D eigenvalue weighted by Gasteiger charge is 2.18. The van der Waals surface area contributed by atoms with Crippen molar-refractivity contribution in [2.75, 3.05) is 6.54 Å². The van der Waals surface area contributed by atoms with Gasteiger partial charge in [0.05, 0.1) is 0 Å². The first kappa shape index (κ1) is 6.83. The molecule has 2 N–H and O–H groups in total. The van der Waals surface area contributed by atoms with Crippen LogP contribution >= 0.6 is 0 Å². The SMILES string of the molecule is [NH]CC1NCc2ccccc21. The fraction of sp³-hybridized carbons (Fsp3) is 0.333. The van der Waals surface area contributed by atoms with Crippen molar-refractivity contribution < 1.29 is 0 Å². The predicted molar refractivity (Wildman–Crippen MR) is 44.0 cm³/mol. The molecule has 57 valence electrons. The van der Waals surface area contributed by atoms with Crippen LogP contribution in [0.3, 0.4) is 0 Å². The first-order valence-corrected chi connectivity index (χ1v) is 3.87. The van der Waals surface area contributed by atoms with Crippen LogP contribution in [0.5, 0.6) is 0 Å². The average molecular weight is 147 g/mol. The maximum absolute atomic E-state index is 7.27.